The van der Waals surface area contributed by atoms with Crippen LogP contribution in [0.1, 0.15) is 52.1 Å². The number of nitrogens with one attached hydrogen (secondary N) is 1. The molecule has 2 rings (SSSR count). The third-order valence-corrected chi connectivity index (χ3v) is 3.96. The van der Waals surface area contributed by atoms with Crippen LogP contribution in [0.4, 0.5) is 5.82 Å². The van der Waals surface area contributed by atoms with Gasteiger partial charge in [-0.3, -0.25) is 0 Å². The van der Waals surface area contributed by atoms with Gasteiger partial charge in [0.15, 0.2) is 5.82 Å². The normalized spacial score (nSPS) is 23.0. The van der Waals surface area contributed by atoms with Crippen LogP contribution in [-0.2, 0) is 6.54 Å². The van der Waals surface area contributed by atoms with Crippen LogP contribution in [0.2, 0.25) is 0 Å². The van der Waals surface area contributed by atoms with E-state index >= 15 is 0 Å². The van der Waals surface area contributed by atoms with Crippen molar-refractivity contribution in [1.29, 1.82) is 0 Å². The largest absolute Gasteiger partial charge is 0.349 e. The Labute approximate surface area is 116 Å². The maximum absolute atomic E-state index is 4.42. The van der Waals surface area contributed by atoms with Gasteiger partial charge in [0.25, 0.3) is 0 Å². The van der Waals surface area contributed by atoms with Crippen molar-refractivity contribution >= 4 is 5.82 Å². The van der Waals surface area contributed by atoms with Gasteiger partial charge in [0.2, 0.25) is 0 Å². The highest BCUT2D eigenvalue weighted by atomic mass is 15.3. The van der Waals surface area contributed by atoms with Crippen molar-refractivity contribution in [1.82, 2.24) is 15.5 Å². The molecule has 19 heavy (non-hydrogen) atoms. The van der Waals surface area contributed by atoms with Crippen LogP contribution in [0.15, 0.2) is 12.1 Å². The Kier molecular flexibility index (Phi) is 5.14. The second kappa shape index (κ2) is 6.85. The number of hydrogen-bond donors (Lipinski definition) is 1. The van der Waals surface area contributed by atoms with Gasteiger partial charge < -0.3 is 10.2 Å². The Hall–Kier alpha value is -1.16. The number of aromatic nitrogens is 2. The molecule has 4 nitrogen and oxygen atoms in total. The Morgan fingerprint density at radius 2 is 2.11 bits per heavy atom. The van der Waals surface area contributed by atoms with Crippen molar-refractivity contribution < 1.29 is 0 Å². The Morgan fingerprint density at radius 3 is 2.74 bits per heavy atom. The first-order chi connectivity index (χ1) is 9.26. The zero-order valence-corrected chi connectivity index (χ0v) is 12.4. The second-order valence-corrected chi connectivity index (χ2v) is 5.46. The molecule has 1 N–H and O–H groups in total. The van der Waals surface area contributed by atoms with Crippen LogP contribution in [0.3, 0.4) is 0 Å². The molecule has 1 saturated heterocycles. The van der Waals surface area contributed by atoms with Crippen molar-refractivity contribution in [2.75, 3.05) is 11.4 Å². The fourth-order valence-electron chi connectivity index (χ4n) is 2.86. The summed E-state index contributed by atoms with van der Waals surface area (Å²) in [6.07, 6.45) is 4.87. The fraction of sp³-hybridized carbons (Fsp3) is 0.733. The molecule has 4 heteroatoms. The summed E-state index contributed by atoms with van der Waals surface area (Å²) in [5.74, 6) is 1.04. The van der Waals surface area contributed by atoms with Gasteiger partial charge in [-0.2, -0.15) is 5.10 Å². The molecule has 1 aliphatic heterocycles. The summed E-state index contributed by atoms with van der Waals surface area (Å²) >= 11 is 0. The summed E-state index contributed by atoms with van der Waals surface area (Å²) in [7, 11) is 0. The van der Waals surface area contributed by atoms with Gasteiger partial charge in [-0.25, -0.2) is 0 Å². The molecule has 1 aromatic heterocycles. The minimum Gasteiger partial charge on any atom is -0.349 e. The van der Waals surface area contributed by atoms with E-state index in [0.29, 0.717) is 12.1 Å². The summed E-state index contributed by atoms with van der Waals surface area (Å²) in [5, 5.41) is 12.1. The first-order valence-corrected chi connectivity index (χ1v) is 7.57. The molecule has 1 aliphatic rings. The number of rotatable bonds is 6. The number of anilines is 1. The summed E-state index contributed by atoms with van der Waals surface area (Å²) < 4.78 is 0. The van der Waals surface area contributed by atoms with Gasteiger partial charge in [-0.05, 0) is 51.3 Å². The molecule has 0 spiro atoms. The van der Waals surface area contributed by atoms with Crippen LogP contribution in [-0.4, -0.2) is 28.8 Å². The third kappa shape index (κ3) is 3.44. The lowest BCUT2D eigenvalue weighted by molar-refractivity contribution is 0.612. The Bertz CT molecular complexity index is 376. The van der Waals surface area contributed by atoms with E-state index in [4.69, 9.17) is 0 Å². The van der Waals surface area contributed by atoms with E-state index in [1.807, 2.05) is 0 Å². The zero-order valence-electron chi connectivity index (χ0n) is 12.4. The summed E-state index contributed by atoms with van der Waals surface area (Å²) in [4.78, 5) is 2.44. The quantitative estimate of drug-likeness (QED) is 0.800. The molecule has 106 valence electrons. The minimum absolute atomic E-state index is 0.586. The standard InChI is InChI=1S/C15H26N4/c1-4-10-16-11-13-7-9-15(18-17-13)19-12(3)6-8-14(19)5-2/h7,9,12,14,16H,4-6,8,10-11H2,1-3H3. The predicted molar refractivity (Wildman–Crippen MR) is 79.3 cm³/mol. The molecular formula is C15H26N4. The Morgan fingerprint density at radius 1 is 1.26 bits per heavy atom. The maximum atomic E-state index is 4.42. The van der Waals surface area contributed by atoms with Crippen molar-refractivity contribution in [3.63, 3.8) is 0 Å². The average molecular weight is 262 g/mol. The van der Waals surface area contributed by atoms with E-state index in [2.05, 4.69) is 53.3 Å². The van der Waals surface area contributed by atoms with Crippen molar-refractivity contribution in [3.8, 4) is 0 Å². The summed E-state index contributed by atoms with van der Waals surface area (Å²) in [6, 6.07) is 5.44. The molecule has 0 aromatic carbocycles. The monoisotopic (exact) mass is 262 g/mol. The summed E-state index contributed by atoms with van der Waals surface area (Å²) in [6.45, 7) is 8.56. The van der Waals surface area contributed by atoms with E-state index < -0.39 is 0 Å². The van der Waals surface area contributed by atoms with E-state index in [1.54, 1.807) is 0 Å². The SMILES string of the molecule is CCCNCc1ccc(N2C(C)CCC2CC)nn1. The smallest absolute Gasteiger partial charge is 0.151 e. The minimum atomic E-state index is 0.586. The lowest BCUT2D eigenvalue weighted by Crippen LogP contribution is -2.35. The molecule has 0 saturated carbocycles. The molecule has 0 radical (unpaired) electrons. The maximum Gasteiger partial charge on any atom is 0.151 e. The highest BCUT2D eigenvalue weighted by Gasteiger charge is 2.30. The van der Waals surface area contributed by atoms with Crippen LogP contribution in [0, 0.1) is 0 Å². The van der Waals surface area contributed by atoms with Crippen molar-refractivity contribution in [3.05, 3.63) is 17.8 Å². The molecule has 1 fully saturated rings. The van der Waals surface area contributed by atoms with E-state index in [9.17, 15) is 0 Å². The lowest BCUT2D eigenvalue weighted by atomic mass is 10.1. The second-order valence-electron chi connectivity index (χ2n) is 5.46. The van der Waals surface area contributed by atoms with Crippen LogP contribution in [0.5, 0.6) is 0 Å². The number of nitrogens with zero attached hydrogens (tertiary/aromatic N) is 3. The van der Waals surface area contributed by atoms with Gasteiger partial charge >= 0.3 is 0 Å². The zero-order chi connectivity index (χ0) is 13.7. The van der Waals surface area contributed by atoms with Crippen LogP contribution >= 0.6 is 0 Å². The molecule has 2 heterocycles. The van der Waals surface area contributed by atoms with Crippen LogP contribution < -0.4 is 10.2 Å². The van der Waals surface area contributed by atoms with Gasteiger partial charge in [-0.15, -0.1) is 5.10 Å². The predicted octanol–water partition coefficient (Wildman–Crippen LogP) is 2.74. The van der Waals surface area contributed by atoms with Gasteiger partial charge in [-0.1, -0.05) is 13.8 Å². The third-order valence-electron chi connectivity index (χ3n) is 3.96. The fourth-order valence-corrected chi connectivity index (χ4v) is 2.86. The van der Waals surface area contributed by atoms with Gasteiger partial charge in [0.05, 0.1) is 5.69 Å². The molecule has 1 aromatic rings. The van der Waals surface area contributed by atoms with Crippen molar-refractivity contribution in [2.45, 2.75) is 65.1 Å². The molecule has 2 atom stereocenters. The average Bonchev–Trinajstić information content (AvgIpc) is 2.81. The van der Waals surface area contributed by atoms with E-state index in [0.717, 1.165) is 31.0 Å². The molecule has 0 amide bonds. The first kappa shape index (κ1) is 14.3. The lowest BCUT2D eigenvalue weighted by Gasteiger charge is -2.28. The molecular weight excluding hydrogens is 236 g/mol. The summed E-state index contributed by atoms with van der Waals surface area (Å²) in [5.41, 5.74) is 1.03. The van der Waals surface area contributed by atoms with Gasteiger partial charge in [0, 0.05) is 18.6 Å². The molecule has 0 aliphatic carbocycles. The number of hydrogen-bond acceptors (Lipinski definition) is 4. The Balaban J connectivity index is 2.01. The topological polar surface area (TPSA) is 41.0 Å². The first-order valence-electron chi connectivity index (χ1n) is 7.57. The van der Waals surface area contributed by atoms with Gasteiger partial charge in [0.1, 0.15) is 0 Å². The highest BCUT2D eigenvalue weighted by molar-refractivity contribution is 5.41. The molecule has 2 unspecified atom stereocenters. The highest BCUT2D eigenvalue weighted by Crippen LogP contribution is 2.30. The van der Waals surface area contributed by atoms with Crippen LogP contribution in [0.25, 0.3) is 0 Å². The van der Waals surface area contributed by atoms with E-state index in [-0.39, 0.29) is 0 Å². The van der Waals surface area contributed by atoms with Crippen molar-refractivity contribution in [2.24, 2.45) is 0 Å². The van der Waals surface area contributed by atoms with E-state index in [1.165, 1.54) is 19.3 Å². The molecule has 0 bridgehead atoms.